The van der Waals surface area contributed by atoms with Crippen molar-refractivity contribution in [2.24, 2.45) is 5.84 Å². The minimum absolute atomic E-state index is 0.142. The maximum absolute atomic E-state index is 10.9. The minimum atomic E-state index is -0.142. The van der Waals surface area contributed by atoms with E-state index in [1.54, 1.807) is 7.11 Å². The maximum atomic E-state index is 10.9. The lowest BCUT2D eigenvalue weighted by atomic mass is 10.2. The predicted molar refractivity (Wildman–Crippen MR) is 50.9 cm³/mol. The summed E-state index contributed by atoms with van der Waals surface area (Å²) in [6.07, 6.45) is 0.413. The first-order chi connectivity index (χ1) is 6.11. The van der Waals surface area contributed by atoms with Crippen molar-refractivity contribution >= 4 is 5.91 Å². The summed E-state index contributed by atoms with van der Waals surface area (Å²) in [6.45, 7) is 3.46. The number of hydrogen-bond acceptors (Lipinski definition) is 4. The Hall–Kier alpha value is -0.650. The standard InChI is InChI=1S/C8H19N3O2/c1-7(6-8(12)10-9)11(2)4-5-13-3/h7H,4-6,9H2,1-3H3,(H,10,12). The van der Waals surface area contributed by atoms with Crippen LogP contribution >= 0.6 is 0 Å². The van der Waals surface area contributed by atoms with Gasteiger partial charge in [-0.25, -0.2) is 5.84 Å². The number of nitrogens with two attached hydrogens (primary N) is 1. The molecule has 0 rings (SSSR count). The lowest BCUT2D eigenvalue weighted by Gasteiger charge is -2.23. The van der Waals surface area contributed by atoms with E-state index in [4.69, 9.17) is 10.6 Å². The number of likely N-dealkylation sites (N-methyl/N-ethyl adjacent to an activating group) is 1. The number of rotatable bonds is 6. The van der Waals surface area contributed by atoms with E-state index < -0.39 is 0 Å². The SMILES string of the molecule is COCCN(C)C(C)CC(=O)NN. The van der Waals surface area contributed by atoms with Crippen LogP contribution in [0, 0.1) is 0 Å². The van der Waals surface area contributed by atoms with Crippen molar-refractivity contribution in [1.82, 2.24) is 10.3 Å². The fourth-order valence-electron chi connectivity index (χ4n) is 0.939. The average Bonchev–Trinajstić information content (AvgIpc) is 2.13. The van der Waals surface area contributed by atoms with E-state index in [0.717, 1.165) is 6.54 Å². The van der Waals surface area contributed by atoms with Crippen LogP contribution in [-0.4, -0.2) is 44.2 Å². The summed E-state index contributed by atoms with van der Waals surface area (Å²) in [4.78, 5) is 13.0. The van der Waals surface area contributed by atoms with E-state index in [1.807, 2.05) is 14.0 Å². The Morgan fingerprint density at radius 2 is 2.31 bits per heavy atom. The quantitative estimate of drug-likeness (QED) is 0.330. The van der Waals surface area contributed by atoms with Gasteiger partial charge in [0.25, 0.3) is 0 Å². The van der Waals surface area contributed by atoms with Crippen LogP contribution in [0.5, 0.6) is 0 Å². The molecule has 0 radical (unpaired) electrons. The number of ether oxygens (including phenoxy) is 1. The van der Waals surface area contributed by atoms with Crippen LogP contribution in [0.1, 0.15) is 13.3 Å². The van der Waals surface area contributed by atoms with Gasteiger partial charge in [0.15, 0.2) is 0 Å². The molecule has 1 atom stereocenters. The van der Waals surface area contributed by atoms with E-state index in [0.29, 0.717) is 13.0 Å². The largest absolute Gasteiger partial charge is 0.383 e. The molecule has 0 bridgehead atoms. The van der Waals surface area contributed by atoms with Gasteiger partial charge in [0.05, 0.1) is 6.61 Å². The minimum Gasteiger partial charge on any atom is -0.383 e. The van der Waals surface area contributed by atoms with E-state index in [1.165, 1.54) is 0 Å². The maximum Gasteiger partial charge on any atom is 0.235 e. The number of carbonyl (C=O) groups excluding carboxylic acids is 1. The number of methoxy groups -OCH3 is 1. The van der Waals surface area contributed by atoms with Crippen molar-refractivity contribution in [1.29, 1.82) is 0 Å². The first-order valence-corrected chi connectivity index (χ1v) is 4.30. The van der Waals surface area contributed by atoms with Crippen molar-refractivity contribution in [3.05, 3.63) is 0 Å². The molecule has 0 aliphatic rings. The Morgan fingerprint density at radius 3 is 2.77 bits per heavy atom. The van der Waals surface area contributed by atoms with Crippen LogP contribution in [-0.2, 0) is 9.53 Å². The number of nitrogens with one attached hydrogen (secondary N) is 1. The Kier molecular flexibility index (Phi) is 6.48. The van der Waals surface area contributed by atoms with Crippen molar-refractivity contribution in [2.75, 3.05) is 27.3 Å². The third kappa shape index (κ3) is 5.57. The zero-order valence-electron chi connectivity index (χ0n) is 8.54. The van der Waals surface area contributed by atoms with Gasteiger partial charge in [0, 0.05) is 26.1 Å². The highest BCUT2D eigenvalue weighted by molar-refractivity contribution is 5.75. The molecule has 1 amide bonds. The molecule has 0 aromatic heterocycles. The van der Waals surface area contributed by atoms with Gasteiger partial charge in [-0.15, -0.1) is 0 Å². The summed E-state index contributed by atoms with van der Waals surface area (Å²) in [6, 6.07) is 0.179. The van der Waals surface area contributed by atoms with Gasteiger partial charge in [0.2, 0.25) is 5.91 Å². The normalized spacial score (nSPS) is 13.0. The molecule has 0 spiro atoms. The molecular weight excluding hydrogens is 170 g/mol. The van der Waals surface area contributed by atoms with Crippen molar-refractivity contribution in [2.45, 2.75) is 19.4 Å². The lowest BCUT2D eigenvalue weighted by molar-refractivity contribution is -0.122. The summed E-state index contributed by atoms with van der Waals surface area (Å²) in [5, 5.41) is 0. The Balaban J connectivity index is 3.68. The molecular formula is C8H19N3O2. The zero-order chi connectivity index (χ0) is 10.3. The molecule has 1 unspecified atom stereocenters. The first-order valence-electron chi connectivity index (χ1n) is 4.30. The van der Waals surface area contributed by atoms with Gasteiger partial charge in [-0.05, 0) is 14.0 Å². The highest BCUT2D eigenvalue weighted by Crippen LogP contribution is 1.99. The third-order valence-corrected chi connectivity index (χ3v) is 2.04. The monoisotopic (exact) mass is 189 g/mol. The lowest BCUT2D eigenvalue weighted by Crippen LogP contribution is -2.38. The van der Waals surface area contributed by atoms with Gasteiger partial charge in [0.1, 0.15) is 0 Å². The molecule has 0 saturated carbocycles. The Bertz CT molecular complexity index is 152. The molecule has 0 aromatic rings. The van der Waals surface area contributed by atoms with E-state index in [9.17, 15) is 4.79 Å². The number of amides is 1. The second kappa shape index (κ2) is 6.82. The molecule has 0 fully saturated rings. The topological polar surface area (TPSA) is 67.6 Å². The molecule has 0 aliphatic carbocycles. The van der Waals surface area contributed by atoms with Gasteiger partial charge in [-0.3, -0.25) is 10.2 Å². The van der Waals surface area contributed by atoms with E-state index >= 15 is 0 Å². The highest BCUT2D eigenvalue weighted by Gasteiger charge is 2.12. The van der Waals surface area contributed by atoms with Crippen LogP contribution in [0.25, 0.3) is 0 Å². The fraction of sp³-hybridized carbons (Fsp3) is 0.875. The molecule has 5 nitrogen and oxygen atoms in total. The Morgan fingerprint density at radius 1 is 1.69 bits per heavy atom. The van der Waals surface area contributed by atoms with Crippen molar-refractivity contribution in [3.63, 3.8) is 0 Å². The van der Waals surface area contributed by atoms with Crippen LogP contribution in [0.2, 0.25) is 0 Å². The second-order valence-corrected chi connectivity index (χ2v) is 3.09. The molecule has 78 valence electrons. The number of hydrogen-bond donors (Lipinski definition) is 2. The zero-order valence-corrected chi connectivity index (χ0v) is 8.54. The van der Waals surface area contributed by atoms with Crippen LogP contribution in [0.3, 0.4) is 0 Å². The summed E-state index contributed by atoms with van der Waals surface area (Å²) in [7, 11) is 3.61. The molecule has 0 aromatic carbocycles. The van der Waals surface area contributed by atoms with Crippen LogP contribution < -0.4 is 11.3 Å². The fourth-order valence-corrected chi connectivity index (χ4v) is 0.939. The predicted octanol–water partition coefficient (Wildman–Crippen LogP) is -0.667. The third-order valence-electron chi connectivity index (χ3n) is 2.04. The van der Waals surface area contributed by atoms with Crippen molar-refractivity contribution in [3.8, 4) is 0 Å². The smallest absolute Gasteiger partial charge is 0.235 e. The summed E-state index contributed by atoms with van der Waals surface area (Å²) < 4.78 is 4.93. The molecule has 3 N–H and O–H groups in total. The van der Waals surface area contributed by atoms with Crippen LogP contribution in [0.15, 0.2) is 0 Å². The molecule has 5 heteroatoms. The van der Waals surface area contributed by atoms with Gasteiger partial charge < -0.3 is 9.64 Å². The van der Waals surface area contributed by atoms with Gasteiger partial charge >= 0.3 is 0 Å². The van der Waals surface area contributed by atoms with E-state index in [-0.39, 0.29) is 11.9 Å². The Labute approximate surface area is 79.2 Å². The van der Waals surface area contributed by atoms with Crippen molar-refractivity contribution < 1.29 is 9.53 Å². The van der Waals surface area contributed by atoms with E-state index in [2.05, 4.69) is 10.3 Å². The molecule has 13 heavy (non-hydrogen) atoms. The number of nitrogens with zero attached hydrogens (tertiary/aromatic N) is 1. The highest BCUT2D eigenvalue weighted by atomic mass is 16.5. The van der Waals surface area contributed by atoms with Gasteiger partial charge in [-0.1, -0.05) is 0 Å². The molecule has 0 saturated heterocycles. The summed E-state index contributed by atoms with van der Waals surface area (Å²) in [5.74, 6) is 4.84. The summed E-state index contributed by atoms with van der Waals surface area (Å²) >= 11 is 0. The van der Waals surface area contributed by atoms with Gasteiger partial charge in [-0.2, -0.15) is 0 Å². The second-order valence-electron chi connectivity index (χ2n) is 3.09. The molecule has 0 aliphatic heterocycles. The first kappa shape index (κ1) is 12.3. The summed E-state index contributed by atoms with van der Waals surface area (Å²) in [5.41, 5.74) is 2.11. The number of hydrazine groups is 1. The molecule has 0 heterocycles. The van der Waals surface area contributed by atoms with Crippen LogP contribution in [0.4, 0.5) is 0 Å². The average molecular weight is 189 g/mol. The number of carbonyl (C=O) groups is 1.